The van der Waals surface area contributed by atoms with E-state index >= 15 is 0 Å². The number of carbonyl (C=O) groups is 1. The van der Waals surface area contributed by atoms with Gasteiger partial charge in [0.05, 0.1) is 0 Å². The Morgan fingerprint density at radius 1 is 1.33 bits per heavy atom. The fourth-order valence-corrected chi connectivity index (χ4v) is 3.19. The Labute approximate surface area is 158 Å². The highest BCUT2D eigenvalue weighted by Gasteiger charge is 2.38. The molecule has 0 saturated heterocycles. The van der Waals surface area contributed by atoms with Crippen molar-refractivity contribution in [3.8, 4) is 0 Å². The number of ether oxygens (including phenoxy) is 1. The van der Waals surface area contributed by atoms with Crippen molar-refractivity contribution in [2.24, 2.45) is 0 Å². The van der Waals surface area contributed by atoms with E-state index in [1.807, 2.05) is 6.92 Å². The first-order chi connectivity index (χ1) is 12.8. The van der Waals surface area contributed by atoms with Crippen LogP contribution in [-0.4, -0.2) is 56.6 Å². The third kappa shape index (κ3) is 6.60. The molecular weight excluding hydrogens is 385 g/mol. The number of fused-ring (bicyclic) bond motifs is 1. The van der Waals surface area contributed by atoms with Crippen molar-refractivity contribution < 1.29 is 27.8 Å². The third-order valence-electron chi connectivity index (χ3n) is 3.86. The molecule has 2 aromatic heterocycles. The van der Waals surface area contributed by atoms with E-state index in [2.05, 4.69) is 36.5 Å². The van der Waals surface area contributed by atoms with Crippen LogP contribution in [0.1, 0.15) is 24.1 Å². The van der Waals surface area contributed by atoms with Crippen LogP contribution in [0.2, 0.25) is 0 Å². The number of nitrogens with zero attached hydrogens (tertiary/aromatic N) is 4. The summed E-state index contributed by atoms with van der Waals surface area (Å²) in [5.41, 5.74) is 1.40. The number of carboxylic acids is 1. The molecule has 0 radical (unpaired) electrons. The molecule has 1 N–H and O–H groups in total. The monoisotopic (exact) mass is 406 g/mol. The molecule has 27 heavy (non-hydrogen) atoms. The summed E-state index contributed by atoms with van der Waals surface area (Å²) >= 11 is 1.76. The maximum atomic E-state index is 10.6. The van der Waals surface area contributed by atoms with Crippen LogP contribution in [0.5, 0.6) is 0 Å². The van der Waals surface area contributed by atoms with Gasteiger partial charge >= 0.3 is 12.1 Å². The van der Waals surface area contributed by atoms with Crippen LogP contribution in [0.4, 0.5) is 13.2 Å². The maximum Gasteiger partial charge on any atom is 0.490 e. The molecule has 150 valence electrons. The first kappa shape index (κ1) is 21.3. The van der Waals surface area contributed by atoms with Crippen molar-refractivity contribution in [3.05, 3.63) is 34.0 Å². The molecule has 2 aromatic rings. The van der Waals surface area contributed by atoms with Crippen LogP contribution < -0.4 is 0 Å². The average Bonchev–Trinajstić information content (AvgIpc) is 3.20. The van der Waals surface area contributed by atoms with Gasteiger partial charge in [0.2, 0.25) is 0 Å². The van der Waals surface area contributed by atoms with Gasteiger partial charge in [-0.3, -0.25) is 4.90 Å². The normalized spacial score (nSPS) is 14.8. The Hall–Kier alpha value is -1.98. The summed E-state index contributed by atoms with van der Waals surface area (Å²) in [5, 5.41) is 20.1. The Balaban J connectivity index is 0.000000321. The molecular formula is C16H21F3N4O3S. The second-order valence-electron chi connectivity index (χ2n) is 5.78. The second kappa shape index (κ2) is 9.81. The highest BCUT2D eigenvalue weighted by atomic mass is 32.1. The molecule has 0 fully saturated rings. The van der Waals surface area contributed by atoms with Gasteiger partial charge in [0.1, 0.15) is 12.4 Å². The lowest BCUT2D eigenvalue weighted by molar-refractivity contribution is -0.192. The molecule has 1 aliphatic heterocycles. The van der Waals surface area contributed by atoms with E-state index in [-0.39, 0.29) is 0 Å². The van der Waals surface area contributed by atoms with E-state index in [1.54, 1.807) is 11.3 Å². The highest BCUT2D eigenvalue weighted by molar-refractivity contribution is 7.07. The number of rotatable bonds is 5. The Kier molecular flexibility index (Phi) is 7.75. The smallest absolute Gasteiger partial charge is 0.475 e. The van der Waals surface area contributed by atoms with Crippen molar-refractivity contribution >= 4 is 17.3 Å². The Morgan fingerprint density at radius 3 is 2.67 bits per heavy atom. The zero-order valence-electron chi connectivity index (χ0n) is 14.8. The molecule has 0 saturated carbocycles. The summed E-state index contributed by atoms with van der Waals surface area (Å²) in [4.78, 5) is 11.4. The predicted octanol–water partition coefficient (Wildman–Crippen LogP) is 2.57. The fourth-order valence-electron chi connectivity index (χ4n) is 2.53. The Bertz CT molecular complexity index is 719. The van der Waals surface area contributed by atoms with E-state index in [0.717, 1.165) is 44.2 Å². The first-order valence-electron chi connectivity index (χ1n) is 8.33. The first-order valence-corrected chi connectivity index (χ1v) is 9.27. The average molecular weight is 406 g/mol. The van der Waals surface area contributed by atoms with Crippen LogP contribution in [0.15, 0.2) is 16.8 Å². The van der Waals surface area contributed by atoms with Crippen molar-refractivity contribution in [1.82, 2.24) is 19.7 Å². The van der Waals surface area contributed by atoms with E-state index in [9.17, 15) is 13.2 Å². The lowest BCUT2D eigenvalue weighted by Crippen LogP contribution is -2.26. The van der Waals surface area contributed by atoms with Crippen LogP contribution >= 0.6 is 11.3 Å². The second-order valence-corrected chi connectivity index (χ2v) is 6.56. The Morgan fingerprint density at radius 2 is 2.07 bits per heavy atom. The molecule has 0 aliphatic carbocycles. The van der Waals surface area contributed by atoms with Gasteiger partial charge in [-0.2, -0.15) is 24.5 Å². The number of aliphatic carboxylic acids is 1. The topological polar surface area (TPSA) is 80.5 Å². The SMILES string of the molecule is CCOCc1nnc2n1CCN(Cc1ccsc1)CC2.O=C(O)C(F)(F)F. The summed E-state index contributed by atoms with van der Waals surface area (Å²) in [5.74, 6) is -0.709. The van der Waals surface area contributed by atoms with E-state index in [4.69, 9.17) is 14.6 Å². The number of thiophene rings is 1. The summed E-state index contributed by atoms with van der Waals surface area (Å²) < 4.78 is 39.4. The van der Waals surface area contributed by atoms with Gasteiger partial charge in [-0.05, 0) is 29.3 Å². The fraction of sp³-hybridized carbons (Fsp3) is 0.562. The van der Waals surface area contributed by atoms with Gasteiger partial charge in [0, 0.05) is 39.2 Å². The minimum absolute atomic E-state index is 0.564. The van der Waals surface area contributed by atoms with Gasteiger partial charge in [-0.25, -0.2) is 4.79 Å². The van der Waals surface area contributed by atoms with Crippen LogP contribution in [-0.2, 0) is 35.6 Å². The molecule has 0 aromatic carbocycles. The van der Waals surface area contributed by atoms with Crippen LogP contribution in [0.25, 0.3) is 0 Å². The molecule has 0 spiro atoms. The number of halogens is 3. The van der Waals surface area contributed by atoms with E-state index in [1.165, 1.54) is 5.56 Å². The third-order valence-corrected chi connectivity index (χ3v) is 4.59. The van der Waals surface area contributed by atoms with Gasteiger partial charge in [0.15, 0.2) is 5.82 Å². The van der Waals surface area contributed by atoms with E-state index in [0.29, 0.717) is 13.2 Å². The number of hydrogen-bond donors (Lipinski definition) is 1. The number of alkyl halides is 3. The molecule has 1 aliphatic rings. The molecule has 11 heteroatoms. The zero-order chi connectivity index (χ0) is 19.9. The molecule has 0 atom stereocenters. The van der Waals surface area contributed by atoms with Crippen LogP contribution in [0, 0.1) is 0 Å². The molecule has 7 nitrogen and oxygen atoms in total. The molecule has 0 unspecified atom stereocenters. The van der Waals surface area contributed by atoms with Crippen LogP contribution in [0.3, 0.4) is 0 Å². The maximum absolute atomic E-state index is 10.6. The van der Waals surface area contributed by atoms with Gasteiger partial charge < -0.3 is 14.4 Å². The lowest BCUT2D eigenvalue weighted by atomic mass is 10.3. The predicted molar refractivity (Wildman–Crippen MR) is 92.3 cm³/mol. The molecule has 0 amide bonds. The van der Waals surface area contributed by atoms with Crippen molar-refractivity contribution in [2.45, 2.75) is 39.2 Å². The van der Waals surface area contributed by atoms with Gasteiger partial charge in [-0.1, -0.05) is 0 Å². The van der Waals surface area contributed by atoms with Gasteiger partial charge in [-0.15, -0.1) is 10.2 Å². The highest BCUT2D eigenvalue weighted by Crippen LogP contribution is 2.15. The summed E-state index contributed by atoms with van der Waals surface area (Å²) in [6, 6.07) is 2.20. The molecule has 0 bridgehead atoms. The summed E-state index contributed by atoms with van der Waals surface area (Å²) in [7, 11) is 0. The van der Waals surface area contributed by atoms with Gasteiger partial charge in [0.25, 0.3) is 0 Å². The van der Waals surface area contributed by atoms with E-state index < -0.39 is 12.1 Å². The van der Waals surface area contributed by atoms with Crippen molar-refractivity contribution in [1.29, 1.82) is 0 Å². The summed E-state index contributed by atoms with van der Waals surface area (Å²) in [6.07, 6.45) is -4.12. The lowest BCUT2D eigenvalue weighted by Gasteiger charge is -2.18. The standard InChI is InChI=1S/C14H20N4OS.C2HF3O2/c1-2-19-10-14-16-15-13-3-5-17(6-7-18(13)14)9-12-4-8-20-11-12;3-2(4,5)1(6)7/h4,8,11H,2-3,5-7,9-10H2,1H3;(H,6,7). The largest absolute Gasteiger partial charge is 0.490 e. The molecule has 3 rings (SSSR count). The zero-order valence-corrected chi connectivity index (χ0v) is 15.6. The quantitative estimate of drug-likeness (QED) is 0.822. The summed E-state index contributed by atoms with van der Waals surface area (Å²) in [6.45, 7) is 7.35. The number of hydrogen-bond acceptors (Lipinski definition) is 6. The minimum Gasteiger partial charge on any atom is -0.475 e. The minimum atomic E-state index is -5.08. The molecule has 3 heterocycles. The number of aromatic nitrogens is 3. The van der Waals surface area contributed by atoms with Crippen molar-refractivity contribution in [3.63, 3.8) is 0 Å². The van der Waals surface area contributed by atoms with Crippen molar-refractivity contribution in [2.75, 3.05) is 19.7 Å². The number of carboxylic acid groups (broad SMARTS) is 1.